The van der Waals surface area contributed by atoms with Crippen LogP contribution in [-0.4, -0.2) is 39.8 Å². The van der Waals surface area contributed by atoms with Crippen LogP contribution >= 0.6 is 0 Å². The smallest absolute Gasteiger partial charge is 0.248 e. The fraction of sp³-hybridized carbons (Fsp3) is 0.304. The number of carbonyl (C=O) groups is 1. The molecule has 1 heterocycles. The quantitative estimate of drug-likeness (QED) is 0.413. The number of carbonyl (C=O) groups excluding carboxylic acids is 1. The van der Waals surface area contributed by atoms with Crippen LogP contribution < -0.4 is 14.8 Å². The highest BCUT2D eigenvalue weighted by molar-refractivity contribution is 6.02. The first kappa shape index (κ1) is 22.0. The van der Waals surface area contributed by atoms with Gasteiger partial charge in [-0.3, -0.25) is 4.79 Å². The number of anilines is 1. The second-order valence-electron chi connectivity index (χ2n) is 7.07. The van der Waals surface area contributed by atoms with Gasteiger partial charge in [-0.1, -0.05) is 25.5 Å². The van der Waals surface area contributed by atoms with E-state index in [1.165, 1.54) is 6.08 Å². The van der Waals surface area contributed by atoms with E-state index in [1.807, 2.05) is 50.2 Å². The van der Waals surface area contributed by atoms with Crippen molar-refractivity contribution in [1.82, 2.24) is 20.2 Å². The van der Waals surface area contributed by atoms with Crippen molar-refractivity contribution in [2.24, 2.45) is 0 Å². The van der Waals surface area contributed by atoms with Gasteiger partial charge in [0.25, 0.3) is 0 Å². The average Bonchev–Trinajstić information content (AvgIpc) is 3.20. The van der Waals surface area contributed by atoms with Crippen LogP contribution in [0.5, 0.6) is 11.5 Å². The summed E-state index contributed by atoms with van der Waals surface area (Å²) in [5.74, 6) is 1.76. The number of hydrogen-bond acceptors (Lipinski definition) is 6. The van der Waals surface area contributed by atoms with Crippen molar-refractivity contribution in [2.45, 2.75) is 33.6 Å². The molecule has 1 amide bonds. The van der Waals surface area contributed by atoms with E-state index < -0.39 is 0 Å². The van der Waals surface area contributed by atoms with E-state index in [1.54, 1.807) is 17.9 Å². The Morgan fingerprint density at radius 2 is 2.00 bits per heavy atom. The van der Waals surface area contributed by atoms with E-state index in [0.717, 1.165) is 29.7 Å². The predicted molar refractivity (Wildman–Crippen MR) is 120 cm³/mol. The molecule has 162 valence electrons. The summed E-state index contributed by atoms with van der Waals surface area (Å²) in [4.78, 5) is 12.4. The normalized spacial score (nSPS) is 11.0. The molecule has 3 aromatic rings. The van der Waals surface area contributed by atoms with Gasteiger partial charge in [0.2, 0.25) is 5.91 Å². The van der Waals surface area contributed by atoms with E-state index in [-0.39, 0.29) is 5.91 Å². The van der Waals surface area contributed by atoms with Crippen molar-refractivity contribution >= 4 is 17.7 Å². The fourth-order valence-corrected chi connectivity index (χ4v) is 2.96. The van der Waals surface area contributed by atoms with Gasteiger partial charge in [-0.05, 0) is 72.2 Å². The summed E-state index contributed by atoms with van der Waals surface area (Å²) in [6, 6.07) is 11.2. The number of amides is 1. The molecule has 1 N–H and O–H groups in total. The molecule has 0 radical (unpaired) electrons. The minimum absolute atomic E-state index is 0.245. The largest absolute Gasteiger partial charge is 0.493 e. The van der Waals surface area contributed by atoms with E-state index in [9.17, 15) is 4.79 Å². The molecule has 0 aliphatic rings. The molecule has 0 spiro atoms. The number of nitrogens with one attached hydrogen (secondary N) is 1. The Kier molecular flexibility index (Phi) is 7.37. The maximum Gasteiger partial charge on any atom is 0.248 e. The van der Waals surface area contributed by atoms with Crippen LogP contribution in [0.2, 0.25) is 0 Å². The molecule has 0 bridgehead atoms. The standard InChI is InChI=1S/C23H27N5O3/c1-5-6-13-31-21-11-8-18(14-22(21)30-4)9-12-23(29)24-19-10-7-16(2)20(15-19)28-17(3)25-26-27-28/h7-12,14-15H,5-6,13H2,1-4H3,(H,24,29)/b12-9+. The highest BCUT2D eigenvalue weighted by atomic mass is 16.5. The number of aryl methyl sites for hydroxylation is 2. The summed E-state index contributed by atoms with van der Waals surface area (Å²) >= 11 is 0. The maximum atomic E-state index is 12.4. The predicted octanol–water partition coefficient (Wildman–Crippen LogP) is 4.12. The van der Waals surface area contributed by atoms with Crippen molar-refractivity contribution in [3.05, 3.63) is 59.4 Å². The van der Waals surface area contributed by atoms with Gasteiger partial charge in [0.05, 0.1) is 19.4 Å². The van der Waals surface area contributed by atoms with Crippen molar-refractivity contribution in [1.29, 1.82) is 0 Å². The molecule has 1 aromatic heterocycles. The number of tetrazole rings is 1. The zero-order valence-electron chi connectivity index (χ0n) is 18.3. The summed E-state index contributed by atoms with van der Waals surface area (Å²) in [5, 5.41) is 14.5. The number of ether oxygens (including phenoxy) is 2. The van der Waals surface area contributed by atoms with Gasteiger partial charge in [0.15, 0.2) is 17.3 Å². The number of aromatic nitrogens is 4. The summed E-state index contributed by atoms with van der Waals surface area (Å²) < 4.78 is 12.8. The molecule has 0 unspecified atom stereocenters. The number of hydrogen-bond donors (Lipinski definition) is 1. The van der Waals surface area contributed by atoms with Crippen LogP contribution in [0.25, 0.3) is 11.8 Å². The second-order valence-corrected chi connectivity index (χ2v) is 7.07. The first-order chi connectivity index (χ1) is 15.0. The minimum Gasteiger partial charge on any atom is -0.493 e. The third kappa shape index (κ3) is 5.69. The minimum atomic E-state index is -0.245. The summed E-state index contributed by atoms with van der Waals surface area (Å²) in [6.45, 7) is 6.55. The lowest BCUT2D eigenvalue weighted by Gasteiger charge is -2.11. The van der Waals surface area contributed by atoms with Gasteiger partial charge in [-0.25, -0.2) is 0 Å². The van der Waals surface area contributed by atoms with Crippen LogP contribution in [0.3, 0.4) is 0 Å². The van der Waals surface area contributed by atoms with Crippen molar-refractivity contribution in [3.8, 4) is 17.2 Å². The number of rotatable bonds is 9. The number of methoxy groups -OCH3 is 1. The van der Waals surface area contributed by atoms with E-state index in [4.69, 9.17) is 9.47 Å². The van der Waals surface area contributed by atoms with Gasteiger partial charge in [0, 0.05) is 11.8 Å². The second kappa shape index (κ2) is 10.4. The monoisotopic (exact) mass is 421 g/mol. The lowest BCUT2D eigenvalue weighted by molar-refractivity contribution is -0.111. The third-order valence-corrected chi connectivity index (χ3v) is 4.70. The molecule has 8 heteroatoms. The fourth-order valence-electron chi connectivity index (χ4n) is 2.96. The van der Waals surface area contributed by atoms with E-state index in [2.05, 4.69) is 27.8 Å². The highest BCUT2D eigenvalue weighted by Gasteiger charge is 2.09. The summed E-state index contributed by atoms with van der Waals surface area (Å²) in [6.07, 6.45) is 5.26. The first-order valence-electron chi connectivity index (χ1n) is 10.2. The van der Waals surface area contributed by atoms with Crippen molar-refractivity contribution in [2.75, 3.05) is 19.0 Å². The summed E-state index contributed by atoms with van der Waals surface area (Å²) in [5.41, 5.74) is 3.30. The number of unbranched alkanes of at least 4 members (excludes halogenated alkanes) is 1. The van der Waals surface area contributed by atoms with Crippen molar-refractivity contribution < 1.29 is 14.3 Å². The Bertz CT molecular complexity index is 1070. The zero-order valence-corrected chi connectivity index (χ0v) is 18.3. The Morgan fingerprint density at radius 1 is 1.16 bits per heavy atom. The molecule has 0 atom stereocenters. The Balaban J connectivity index is 1.69. The molecular formula is C23H27N5O3. The SMILES string of the molecule is CCCCOc1ccc(/C=C/C(=O)Nc2ccc(C)c(-n3nnnc3C)c2)cc1OC. The molecule has 0 saturated heterocycles. The van der Waals surface area contributed by atoms with Crippen molar-refractivity contribution in [3.63, 3.8) is 0 Å². The molecule has 0 aliphatic carbocycles. The topological polar surface area (TPSA) is 91.2 Å². The van der Waals surface area contributed by atoms with Gasteiger partial charge in [0.1, 0.15) is 0 Å². The molecule has 31 heavy (non-hydrogen) atoms. The molecular weight excluding hydrogens is 394 g/mol. The van der Waals surface area contributed by atoms with E-state index >= 15 is 0 Å². The van der Waals surface area contributed by atoms with E-state index in [0.29, 0.717) is 29.6 Å². The van der Waals surface area contributed by atoms with Crippen LogP contribution in [0.1, 0.15) is 36.7 Å². The lowest BCUT2D eigenvalue weighted by atomic mass is 10.1. The zero-order chi connectivity index (χ0) is 22.2. The average molecular weight is 422 g/mol. The number of benzene rings is 2. The molecule has 8 nitrogen and oxygen atoms in total. The van der Waals surface area contributed by atoms with Gasteiger partial charge in [-0.2, -0.15) is 4.68 Å². The Hall–Kier alpha value is -3.68. The molecule has 0 aliphatic heterocycles. The highest BCUT2D eigenvalue weighted by Crippen LogP contribution is 2.29. The Morgan fingerprint density at radius 3 is 2.71 bits per heavy atom. The van der Waals surface area contributed by atoms with Gasteiger partial charge < -0.3 is 14.8 Å². The van der Waals surface area contributed by atoms with Crippen LogP contribution in [0, 0.1) is 13.8 Å². The molecule has 0 fully saturated rings. The van der Waals surface area contributed by atoms with Crippen LogP contribution in [0.4, 0.5) is 5.69 Å². The maximum absolute atomic E-state index is 12.4. The lowest BCUT2D eigenvalue weighted by Crippen LogP contribution is -2.09. The summed E-state index contributed by atoms with van der Waals surface area (Å²) in [7, 11) is 1.60. The Labute approximate surface area is 181 Å². The van der Waals surface area contributed by atoms with Crippen LogP contribution in [0.15, 0.2) is 42.5 Å². The van der Waals surface area contributed by atoms with Gasteiger partial charge >= 0.3 is 0 Å². The third-order valence-electron chi connectivity index (χ3n) is 4.70. The number of nitrogens with zero attached hydrogens (tertiary/aromatic N) is 4. The molecule has 2 aromatic carbocycles. The molecule has 0 saturated carbocycles. The van der Waals surface area contributed by atoms with Gasteiger partial charge in [-0.15, -0.1) is 5.10 Å². The van der Waals surface area contributed by atoms with Crippen LogP contribution in [-0.2, 0) is 4.79 Å². The first-order valence-corrected chi connectivity index (χ1v) is 10.2. The molecule has 3 rings (SSSR count).